The lowest BCUT2D eigenvalue weighted by molar-refractivity contribution is -0.274. The highest BCUT2D eigenvalue weighted by Gasteiger charge is 2.34. The number of rotatable bonds is 4. The smallest absolute Gasteiger partial charge is 0.404 e. The second-order valence-electron chi connectivity index (χ2n) is 6.51. The van der Waals surface area contributed by atoms with E-state index in [1.54, 1.807) is 12.1 Å². The van der Waals surface area contributed by atoms with Crippen LogP contribution in [0.3, 0.4) is 0 Å². The summed E-state index contributed by atoms with van der Waals surface area (Å²) in [6.07, 6.45) is 0.0289. The van der Waals surface area contributed by atoms with Crippen molar-refractivity contribution in [1.29, 1.82) is 0 Å². The highest BCUT2D eigenvalue weighted by molar-refractivity contribution is 6.32. The van der Waals surface area contributed by atoms with Gasteiger partial charge in [0.05, 0.1) is 5.02 Å². The van der Waals surface area contributed by atoms with E-state index in [-0.39, 0.29) is 41.6 Å². The van der Waals surface area contributed by atoms with Gasteiger partial charge < -0.3 is 10.1 Å². The summed E-state index contributed by atoms with van der Waals surface area (Å²) in [5.41, 5.74) is 0.989. The SMILES string of the molecule is Cl.Cl.FC(F)(F)Oc1ccc([C@H](C2CCCC2)N2CCNCC2)cc1Cl. The van der Waals surface area contributed by atoms with Crippen LogP contribution in [-0.2, 0) is 0 Å². The molecule has 0 aromatic heterocycles. The van der Waals surface area contributed by atoms with E-state index < -0.39 is 6.36 Å². The zero-order chi connectivity index (χ0) is 17.2. The number of nitrogens with one attached hydrogen (secondary N) is 1. The van der Waals surface area contributed by atoms with E-state index in [2.05, 4.69) is 15.0 Å². The number of hydrogen-bond donors (Lipinski definition) is 1. The van der Waals surface area contributed by atoms with Gasteiger partial charge in [-0.15, -0.1) is 38.0 Å². The number of hydrogen-bond acceptors (Lipinski definition) is 3. The van der Waals surface area contributed by atoms with Crippen LogP contribution in [0.5, 0.6) is 5.75 Å². The highest BCUT2D eigenvalue weighted by atomic mass is 35.5. The zero-order valence-corrected chi connectivity index (χ0v) is 16.6. The first kappa shape index (κ1) is 23.6. The molecule has 1 aromatic carbocycles. The topological polar surface area (TPSA) is 24.5 Å². The van der Waals surface area contributed by atoms with Crippen molar-refractivity contribution in [1.82, 2.24) is 10.2 Å². The fourth-order valence-corrected chi connectivity index (χ4v) is 4.15. The van der Waals surface area contributed by atoms with Crippen molar-refractivity contribution in [2.24, 2.45) is 5.92 Å². The molecule has 2 fully saturated rings. The first-order valence-corrected chi connectivity index (χ1v) is 8.82. The predicted octanol–water partition coefficient (Wildman–Crippen LogP) is 5.22. The molecule has 3 nitrogen and oxygen atoms in total. The van der Waals surface area contributed by atoms with E-state index in [0.29, 0.717) is 5.92 Å². The maximum absolute atomic E-state index is 12.4. The van der Waals surface area contributed by atoms with Crippen molar-refractivity contribution in [3.8, 4) is 5.75 Å². The van der Waals surface area contributed by atoms with E-state index in [1.807, 2.05) is 0 Å². The van der Waals surface area contributed by atoms with Crippen molar-refractivity contribution < 1.29 is 17.9 Å². The maximum atomic E-state index is 12.4. The van der Waals surface area contributed by atoms with Crippen molar-refractivity contribution >= 4 is 36.4 Å². The van der Waals surface area contributed by atoms with E-state index >= 15 is 0 Å². The molecule has 150 valence electrons. The molecule has 1 aliphatic heterocycles. The van der Waals surface area contributed by atoms with Crippen molar-refractivity contribution in [3.05, 3.63) is 28.8 Å². The number of halogens is 6. The molecular weight excluding hydrogens is 412 g/mol. The third kappa shape index (κ3) is 6.06. The van der Waals surface area contributed by atoms with Crippen molar-refractivity contribution in [3.63, 3.8) is 0 Å². The molecule has 1 heterocycles. The van der Waals surface area contributed by atoms with Crippen LogP contribution in [0.1, 0.15) is 37.3 Å². The summed E-state index contributed by atoms with van der Waals surface area (Å²) in [6, 6.07) is 4.94. The third-order valence-corrected chi connectivity index (χ3v) is 5.21. The number of nitrogens with zero attached hydrogens (tertiary/aromatic N) is 1. The minimum Gasteiger partial charge on any atom is -0.404 e. The van der Waals surface area contributed by atoms with Gasteiger partial charge in [-0.1, -0.05) is 30.5 Å². The van der Waals surface area contributed by atoms with Crippen molar-refractivity contribution in [2.45, 2.75) is 38.1 Å². The second-order valence-corrected chi connectivity index (χ2v) is 6.92. The van der Waals surface area contributed by atoms with Crippen LogP contribution in [0, 0.1) is 5.92 Å². The molecule has 2 aliphatic rings. The molecule has 1 aliphatic carbocycles. The Morgan fingerprint density at radius 3 is 2.27 bits per heavy atom. The number of benzene rings is 1. The van der Waals surface area contributed by atoms with Gasteiger partial charge in [-0.05, 0) is 36.5 Å². The average molecular weight is 436 g/mol. The Kier molecular flexibility index (Phi) is 9.30. The first-order chi connectivity index (χ1) is 11.4. The largest absolute Gasteiger partial charge is 0.573 e. The van der Waals surface area contributed by atoms with Gasteiger partial charge in [0.15, 0.2) is 0 Å². The van der Waals surface area contributed by atoms with E-state index in [0.717, 1.165) is 44.6 Å². The predicted molar refractivity (Wildman–Crippen MR) is 102 cm³/mol. The highest BCUT2D eigenvalue weighted by Crippen LogP contribution is 2.41. The molecular formula is C17H24Cl3F3N2O. The number of alkyl halides is 3. The zero-order valence-electron chi connectivity index (χ0n) is 14.2. The molecule has 1 N–H and O–H groups in total. The summed E-state index contributed by atoms with van der Waals surface area (Å²) in [7, 11) is 0. The van der Waals surface area contributed by atoms with Crippen LogP contribution in [0.15, 0.2) is 18.2 Å². The molecule has 3 rings (SSSR count). The third-order valence-electron chi connectivity index (χ3n) is 4.91. The van der Waals surface area contributed by atoms with E-state index in [1.165, 1.54) is 18.9 Å². The van der Waals surface area contributed by atoms with Crippen LogP contribution < -0.4 is 10.1 Å². The molecule has 0 bridgehead atoms. The van der Waals surface area contributed by atoms with Gasteiger partial charge in [0.25, 0.3) is 0 Å². The Hall–Kier alpha value is -0.400. The summed E-state index contributed by atoms with van der Waals surface area (Å²) >= 11 is 6.07. The number of ether oxygens (including phenoxy) is 1. The minimum atomic E-state index is -4.73. The van der Waals surface area contributed by atoms with Crippen LogP contribution in [0.25, 0.3) is 0 Å². The molecule has 0 radical (unpaired) electrons. The van der Waals surface area contributed by atoms with Gasteiger partial charge >= 0.3 is 6.36 Å². The Balaban J connectivity index is 0.00000169. The maximum Gasteiger partial charge on any atom is 0.573 e. The lowest BCUT2D eigenvalue weighted by Gasteiger charge is -2.38. The molecule has 1 saturated carbocycles. The molecule has 0 unspecified atom stereocenters. The first-order valence-electron chi connectivity index (χ1n) is 8.44. The Labute approximate surface area is 169 Å². The monoisotopic (exact) mass is 434 g/mol. The van der Waals surface area contributed by atoms with Crippen LogP contribution in [0.2, 0.25) is 5.02 Å². The lowest BCUT2D eigenvalue weighted by atomic mass is 9.89. The van der Waals surface area contributed by atoms with Crippen LogP contribution in [-0.4, -0.2) is 37.4 Å². The van der Waals surface area contributed by atoms with Gasteiger partial charge in [-0.25, -0.2) is 0 Å². The molecule has 26 heavy (non-hydrogen) atoms. The van der Waals surface area contributed by atoms with Gasteiger partial charge in [0.1, 0.15) is 5.75 Å². The summed E-state index contributed by atoms with van der Waals surface area (Å²) in [6.45, 7) is 3.76. The molecule has 0 amide bonds. The van der Waals surface area contributed by atoms with Gasteiger partial charge in [-0.3, -0.25) is 4.90 Å². The molecule has 1 aromatic rings. The normalized spacial score (nSPS) is 20.2. The minimum absolute atomic E-state index is 0. The average Bonchev–Trinajstić information content (AvgIpc) is 3.04. The summed E-state index contributed by atoms with van der Waals surface area (Å²) in [5, 5.41) is 3.36. The van der Waals surface area contributed by atoms with Crippen LogP contribution in [0.4, 0.5) is 13.2 Å². The summed E-state index contributed by atoms with van der Waals surface area (Å²) < 4.78 is 41.2. The second kappa shape index (κ2) is 10.2. The Bertz CT molecular complexity index is 563. The van der Waals surface area contributed by atoms with Crippen molar-refractivity contribution in [2.75, 3.05) is 26.2 Å². The van der Waals surface area contributed by atoms with E-state index in [4.69, 9.17) is 11.6 Å². The molecule has 9 heteroatoms. The quantitative estimate of drug-likeness (QED) is 0.702. The number of piperazine rings is 1. The lowest BCUT2D eigenvalue weighted by Crippen LogP contribution is -2.46. The molecule has 1 atom stereocenters. The summed E-state index contributed by atoms with van der Waals surface area (Å²) in [4.78, 5) is 2.43. The van der Waals surface area contributed by atoms with E-state index in [9.17, 15) is 13.2 Å². The van der Waals surface area contributed by atoms with Crippen LogP contribution >= 0.6 is 36.4 Å². The molecule has 1 saturated heterocycles. The van der Waals surface area contributed by atoms with Gasteiger partial charge in [-0.2, -0.15) is 0 Å². The van der Waals surface area contributed by atoms with Gasteiger partial charge in [0.2, 0.25) is 0 Å². The fourth-order valence-electron chi connectivity index (χ4n) is 3.92. The summed E-state index contributed by atoms with van der Waals surface area (Å²) in [5.74, 6) is 0.201. The Morgan fingerprint density at radius 2 is 1.73 bits per heavy atom. The standard InChI is InChI=1S/C17H22ClF3N2O.2ClH/c18-14-11-13(5-6-15(14)24-17(19,20)21)16(12-3-1-2-4-12)23-9-7-22-8-10-23;;/h5-6,11-12,16,22H,1-4,7-10H2;2*1H/t16-;;/m0../s1. The van der Waals surface area contributed by atoms with Gasteiger partial charge in [0, 0.05) is 32.2 Å². The fraction of sp³-hybridized carbons (Fsp3) is 0.647. The Morgan fingerprint density at radius 1 is 1.12 bits per heavy atom. The molecule has 0 spiro atoms.